The number of benzene rings is 1. The molecule has 8 nitrogen and oxygen atoms in total. The fourth-order valence-corrected chi connectivity index (χ4v) is 3.74. The number of primary sulfonamides is 1. The van der Waals surface area contributed by atoms with E-state index in [1.165, 1.54) is 12.3 Å². The number of aromatic amines is 1. The Labute approximate surface area is 165 Å². The highest BCUT2D eigenvalue weighted by atomic mass is 32.2. The molecule has 4 heterocycles. The molecule has 0 aliphatic heterocycles. The monoisotopic (exact) mass is 402 g/mol. The maximum atomic E-state index is 11.7. The Balaban J connectivity index is 1.70. The van der Waals surface area contributed by atoms with E-state index < -0.39 is 10.0 Å². The van der Waals surface area contributed by atoms with Gasteiger partial charge in [0.25, 0.3) is 0 Å². The summed E-state index contributed by atoms with van der Waals surface area (Å²) in [5.41, 5.74) is 5.36. The lowest BCUT2D eigenvalue weighted by Gasteiger charge is -2.08. The Morgan fingerprint density at radius 2 is 1.83 bits per heavy atom. The van der Waals surface area contributed by atoms with E-state index in [0.717, 1.165) is 27.5 Å². The van der Waals surface area contributed by atoms with Crippen LogP contribution in [0.15, 0.2) is 72.1 Å². The molecule has 0 unspecified atom stereocenters. The van der Waals surface area contributed by atoms with Crippen molar-refractivity contribution in [2.45, 2.75) is 4.90 Å². The van der Waals surface area contributed by atoms with Gasteiger partial charge in [-0.25, -0.2) is 18.5 Å². The highest BCUT2D eigenvalue weighted by Crippen LogP contribution is 2.30. The minimum absolute atomic E-state index is 0.0620. The van der Waals surface area contributed by atoms with Crippen LogP contribution < -0.4 is 5.14 Å². The fourth-order valence-electron chi connectivity index (χ4n) is 3.24. The van der Waals surface area contributed by atoms with E-state index in [4.69, 9.17) is 10.1 Å². The number of hydrogen-bond donors (Lipinski definition) is 2. The number of sulfonamides is 1. The molecule has 0 fully saturated rings. The van der Waals surface area contributed by atoms with Crippen LogP contribution in [0.3, 0.4) is 0 Å². The van der Waals surface area contributed by atoms with Gasteiger partial charge in [-0.2, -0.15) is 5.10 Å². The third-order valence-corrected chi connectivity index (χ3v) is 5.55. The van der Waals surface area contributed by atoms with Crippen molar-refractivity contribution in [2.24, 2.45) is 5.14 Å². The van der Waals surface area contributed by atoms with E-state index in [0.29, 0.717) is 16.8 Å². The Morgan fingerprint density at radius 1 is 0.931 bits per heavy atom. The lowest BCUT2D eigenvalue weighted by Crippen LogP contribution is -2.12. The summed E-state index contributed by atoms with van der Waals surface area (Å²) in [6.45, 7) is 0. The largest absolute Gasteiger partial charge is 0.278 e. The smallest absolute Gasteiger partial charge is 0.239 e. The molecule has 0 atom stereocenters. The highest BCUT2D eigenvalue weighted by Gasteiger charge is 2.13. The molecule has 3 N–H and O–H groups in total. The van der Waals surface area contributed by atoms with E-state index in [9.17, 15) is 8.42 Å². The quantitative estimate of drug-likeness (QED) is 0.478. The molecule has 0 bridgehead atoms. The summed E-state index contributed by atoms with van der Waals surface area (Å²) in [7, 11) is -3.85. The number of hydrogen-bond acceptors (Lipinski definition) is 6. The van der Waals surface area contributed by atoms with Crippen LogP contribution in [0, 0.1) is 0 Å². The molecule has 0 aliphatic rings. The van der Waals surface area contributed by atoms with Gasteiger partial charge in [0.05, 0.1) is 28.4 Å². The van der Waals surface area contributed by atoms with Gasteiger partial charge in [0.1, 0.15) is 4.90 Å². The average Bonchev–Trinajstić information content (AvgIpc) is 3.20. The summed E-state index contributed by atoms with van der Waals surface area (Å²) in [4.78, 5) is 13.1. The zero-order valence-electron chi connectivity index (χ0n) is 14.9. The zero-order chi connectivity index (χ0) is 20.0. The molecule has 5 aromatic rings. The van der Waals surface area contributed by atoms with Crippen molar-refractivity contribution in [3.63, 3.8) is 0 Å². The maximum Gasteiger partial charge on any atom is 0.239 e. The van der Waals surface area contributed by atoms with Gasteiger partial charge in [-0.3, -0.25) is 15.1 Å². The molecule has 0 aliphatic carbocycles. The molecule has 0 spiro atoms. The van der Waals surface area contributed by atoms with Crippen LogP contribution in [0.25, 0.3) is 44.3 Å². The topological polar surface area (TPSA) is 128 Å². The third kappa shape index (κ3) is 3.12. The predicted molar refractivity (Wildman–Crippen MR) is 109 cm³/mol. The average molecular weight is 402 g/mol. The predicted octanol–water partition coefficient (Wildman–Crippen LogP) is 2.88. The fraction of sp³-hybridized carbons (Fsp3) is 0. The number of H-pyrrole nitrogens is 1. The van der Waals surface area contributed by atoms with Gasteiger partial charge in [-0.1, -0.05) is 12.1 Å². The first-order valence-electron chi connectivity index (χ1n) is 8.66. The second kappa shape index (κ2) is 6.43. The van der Waals surface area contributed by atoms with Crippen molar-refractivity contribution in [3.8, 4) is 22.4 Å². The number of nitrogens with one attached hydrogen (secondary N) is 1. The van der Waals surface area contributed by atoms with Crippen molar-refractivity contribution >= 4 is 32.0 Å². The standard InChI is InChI=1S/C20H14N6O2S/c21-29(27,28)15-7-14(9-22-11-15)17-3-4-18-20(25-17)16(5-6-23-18)12-1-2-13-10-24-26-19(13)8-12/h1-11H,(H,24,26)(H2,21,27,28). The summed E-state index contributed by atoms with van der Waals surface area (Å²) in [5.74, 6) is 0. The molecular weight excluding hydrogens is 388 g/mol. The van der Waals surface area contributed by atoms with Crippen molar-refractivity contribution < 1.29 is 8.42 Å². The van der Waals surface area contributed by atoms with Crippen LogP contribution in [-0.4, -0.2) is 33.6 Å². The summed E-state index contributed by atoms with van der Waals surface area (Å²) >= 11 is 0. The van der Waals surface area contributed by atoms with Crippen LogP contribution in [0.1, 0.15) is 0 Å². The molecule has 9 heteroatoms. The van der Waals surface area contributed by atoms with Gasteiger partial charge in [0.2, 0.25) is 10.0 Å². The summed E-state index contributed by atoms with van der Waals surface area (Å²) in [6, 6.07) is 13.0. The van der Waals surface area contributed by atoms with Crippen LogP contribution in [0.2, 0.25) is 0 Å². The molecule has 5 rings (SSSR count). The number of nitrogens with two attached hydrogens (primary N) is 1. The first-order valence-corrected chi connectivity index (χ1v) is 10.2. The second-order valence-corrected chi connectivity index (χ2v) is 8.11. The van der Waals surface area contributed by atoms with Gasteiger partial charge in [-0.05, 0) is 35.9 Å². The van der Waals surface area contributed by atoms with Crippen molar-refractivity contribution in [2.75, 3.05) is 0 Å². The summed E-state index contributed by atoms with van der Waals surface area (Å²) < 4.78 is 23.3. The number of rotatable bonds is 3. The Morgan fingerprint density at radius 3 is 2.69 bits per heavy atom. The lowest BCUT2D eigenvalue weighted by atomic mass is 10.0. The molecule has 0 saturated carbocycles. The van der Waals surface area contributed by atoms with E-state index in [2.05, 4.69) is 20.2 Å². The summed E-state index contributed by atoms with van der Waals surface area (Å²) in [6.07, 6.45) is 6.27. The maximum absolute atomic E-state index is 11.7. The Kier molecular flexibility index (Phi) is 3.86. The molecule has 0 radical (unpaired) electrons. The van der Waals surface area contributed by atoms with E-state index in [-0.39, 0.29) is 4.90 Å². The van der Waals surface area contributed by atoms with Gasteiger partial charge in [0, 0.05) is 35.1 Å². The number of fused-ring (bicyclic) bond motifs is 2. The minimum atomic E-state index is -3.85. The molecule has 4 aromatic heterocycles. The van der Waals surface area contributed by atoms with Crippen LogP contribution in [-0.2, 0) is 10.0 Å². The van der Waals surface area contributed by atoms with Gasteiger partial charge in [0.15, 0.2) is 0 Å². The number of aromatic nitrogens is 5. The molecular formula is C20H14N6O2S. The molecule has 1 aromatic carbocycles. The Bertz CT molecular complexity index is 1490. The van der Waals surface area contributed by atoms with E-state index in [1.807, 2.05) is 30.3 Å². The minimum Gasteiger partial charge on any atom is -0.278 e. The van der Waals surface area contributed by atoms with Gasteiger partial charge < -0.3 is 0 Å². The zero-order valence-corrected chi connectivity index (χ0v) is 15.8. The van der Waals surface area contributed by atoms with Gasteiger partial charge >= 0.3 is 0 Å². The van der Waals surface area contributed by atoms with Crippen LogP contribution in [0.4, 0.5) is 0 Å². The molecule has 29 heavy (non-hydrogen) atoms. The number of nitrogens with zero attached hydrogens (tertiary/aromatic N) is 4. The molecule has 0 amide bonds. The third-order valence-electron chi connectivity index (χ3n) is 4.67. The SMILES string of the molecule is NS(=O)(=O)c1cncc(-c2ccc3nccc(-c4ccc5cn[nH]c5c4)c3n2)c1. The van der Waals surface area contributed by atoms with Crippen LogP contribution in [0.5, 0.6) is 0 Å². The van der Waals surface area contributed by atoms with E-state index in [1.54, 1.807) is 24.7 Å². The first-order chi connectivity index (χ1) is 14.0. The van der Waals surface area contributed by atoms with Gasteiger partial charge in [-0.15, -0.1) is 0 Å². The normalized spacial score (nSPS) is 11.9. The van der Waals surface area contributed by atoms with Crippen LogP contribution >= 0.6 is 0 Å². The lowest BCUT2D eigenvalue weighted by molar-refractivity contribution is 0.597. The first kappa shape index (κ1) is 17.4. The van der Waals surface area contributed by atoms with Crippen molar-refractivity contribution in [3.05, 3.63) is 67.3 Å². The number of pyridine rings is 3. The highest BCUT2D eigenvalue weighted by molar-refractivity contribution is 7.89. The van der Waals surface area contributed by atoms with Crippen molar-refractivity contribution in [1.82, 2.24) is 25.1 Å². The second-order valence-electron chi connectivity index (χ2n) is 6.55. The summed E-state index contributed by atoms with van der Waals surface area (Å²) in [5, 5.41) is 13.3. The van der Waals surface area contributed by atoms with Crippen molar-refractivity contribution in [1.29, 1.82) is 0 Å². The van der Waals surface area contributed by atoms with E-state index >= 15 is 0 Å². The molecule has 142 valence electrons. The molecule has 0 saturated heterocycles. The Hall–Kier alpha value is -3.69.